The lowest BCUT2D eigenvalue weighted by Gasteiger charge is -2.21. The summed E-state index contributed by atoms with van der Waals surface area (Å²) in [6.45, 7) is 5.34. The number of aliphatic hydroxyl groups is 1. The molecule has 1 aromatic rings. The lowest BCUT2D eigenvalue weighted by Crippen LogP contribution is -2.31. The number of aliphatic hydroxyl groups excluding tert-OH is 1. The molecule has 1 rings (SSSR count). The number of hydrogen-bond donors (Lipinski definition) is 1. The topological polar surface area (TPSA) is 57.6 Å². The summed E-state index contributed by atoms with van der Waals surface area (Å²) in [5.41, 5.74) is 0.215. The Morgan fingerprint density at radius 2 is 2.00 bits per heavy atom. The Bertz CT molecular complexity index is 572. The van der Waals surface area contributed by atoms with Gasteiger partial charge in [0.15, 0.2) is 0 Å². The molecule has 0 bridgehead atoms. The van der Waals surface area contributed by atoms with Crippen molar-refractivity contribution in [2.24, 2.45) is 5.92 Å². The maximum Gasteiger partial charge on any atom is 0.242 e. The fourth-order valence-electron chi connectivity index (χ4n) is 1.92. The minimum absolute atomic E-state index is 0.000477. The van der Waals surface area contributed by atoms with Crippen LogP contribution < -0.4 is 0 Å². The summed E-state index contributed by atoms with van der Waals surface area (Å²) in [5, 5.41) is 9.11. The Morgan fingerprint density at radius 3 is 2.50 bits per heavy atom. The van der Waals surface area contributed by atoms with Crippen molar-refractivity contribution in [1.29, 1.82) is 0 Å². The molecule has 0 heterocycles. The fourth-order valence-corrected chi connectivity index (χ4v) is 3.34. The van der Waals surface area contributed by atoms with Crippen molar-refractivity contribution in [1.82, 2.24) is 4.31 Å². The third-order valence-electron chi connectivity index (χ3n) is 3.45. The smallest absolute Gasteiger partial charge is 0.242 e. The van der Waals surface area contributed by atoms with Crippen molar-refractivity contribution < 1.29 is 17.9 Å². The third kappa shape index (κ3) is 3.56. The van der Waals surface area contributed by atoms with Crippen LogP contribution in [0.2, 0.25) is 0 Å². The van der Waals surface area contributed by atoms with E-state index in [9.17, 15) is 12.8 Å². The summed E-state index contributed by atoms with van der Waals surface area (Å²) in [5.74, 6) is -0.315. The largest absolute Gasteiger partial charge is 0.392 e. The molecule has 0 spiro atoms. The van der Waals surface area contributed by atoms with Gasteiger partial charge in [0.05, 0.1) is 11.5 Å². The van der Waals surface area contributed by atoms with Gasteiger partial charge < -0.3 is 5.11 Å². The van der Waals surface area contributed by atoms with Gasteiger partial charge in [-0.3, -0.25) is 0 Å². The van der Waals surface area contributed by atoms with E-state index in [1.807, 2.05) is 13.8 Å². The molecule has 0 aromatic heterocycles. The molecule has 6 heteroatoms. The number of aryl methyl sites for hydroxylation is 1. The predicted molar refractivity (Wildman–Crippen MR) is 76.3 cm³/mol. The Labute approximate surface area is 120 Å². The van der Waals surface area contributed by atoms with Crippen molar-refractivity contribution in [3.05, 3.63) is 29.1 Å². The molecule has 0 aliphatic carbocycles. The minimum Gasteiger partial charge on any atom is -0.392 e. The van der Waals surface area contributed by atoms with Crippen molar-refractivity contribution in [2.75, 3.05) is 13.6 Å². The molecule has 20 heavy (non-hydrogen) atoms. The first kappa shape index (κ1) is 17.1. The van der Waals surface area contributed by atoms with E-state index in [2.05, 4.69) is 0 Å². The van der Waals surface area contributed by atoms with E-state index in [4.69, 9.17) is 5.11 Å². The minimum atomic E-state index is -3.66. The zero-order valence-corrected chi connectivity index (χ0v) is 13.2. The molecule has 1 unspecified atom stereocenters. The van der Waals surface area contributed by atoms with Gasteiger partial charge in [-0.15, -0.1) is 0 Å². The van der Waals surface area contributed by atoms with E-state index in [1.165, 1.54) is 30.4 Å². The maximum absolute atomic E-state index is 13.7. The molecule has 0 fully saturated rings. The van der Waals surface area contributed by atoms with Gasteiger partial charge in [-0.25, -0.2) is 17.1 Å². The van der Waals surface area contributed by atoms with Crippen LogP contribution in [-0.2, 0) is 16.6 Å². The monoisotopic (exact) mass is 303 g/mol. The van der Waals surface area contributed by atoms with Crippen LogP contribution in [0.4, 0.5) is 4.39 Å². The average molecular weight is 303 g/mol. The summed E-state index contributed by atoms with van der Waals surface area (Å²) >= 11 is 0. The maximum atomic E-state index is 13.7. The quantitative estimate of drug-likeness (QED) is 0.877. The Morgan fingerprint density at radius 1 is 1.40 bits per heavy atom. The lowest BCUT2D eigenvalue weighted by molar-refractivity contribution is 0.275. The van der Waals surface area contributed by atoms with E-state index in [1.54, 1.807) is 0 Å². The van der Waals surface area contributed by atoms with Crippen molar-refractivity contribution in [2.45, 2.75) is 38.7 Å². The van der Waals surface area contributed by atoms with Gasteiger partial charge in [-0.05, 0) is 30.5 Å². The van der Waals surface area contributed by atoms with E-state index in [-0.39, 0.29) is 21.9 Å². The van der Waals surface area contributed by atoms with E-state index < -0.39 is 22.4 Å². The number of halogens is 1. The molecule has 1 aromatic carbocycles. The van der Waals surface area contributed by atoms with Gasteiger partial charge >= 0.3 is 0 Å². The molecule has 0 radical (unpaired) electrons. The zero-order chi connectivity index (χ0) is 15.5. The second kappa shape index (κ2) is 6.65. The molecular formula is C14H22FNO3S. The first-order valence-electron chi connectivity index (χ1n) is 6.60. The number of benzene rings is 1. The Balaban J connectivity index is 3.19. The summed E-state index contributed by atoms with van der Waals surface area (Å²) in [4.78, 5) is 0.0197. The van der Waals surface area contributed by atoms with Gasteiger partial charge in [0, 0.05) is 19.2 Å². The molecule has 0 aliphatic rings. The van der Waals surface area contributed by atoms with Crippen molar-refractivity contribution in [3.63, 3.8) is 0 Å². The molecule has 114 valence electrons. The molecule has 1 atom stereocenters. The lowest BCUT2D eigenvalue weighted by atomic mass is 10.1. The van der Waals surface area contributed by atoms with Crippen LogP contribution in [0.3, 0.4) is 0 Å². The molecule has 0 saturated carbocycles. The van der Waals surface area contributed by atoms with Gasteiger partial charge in [-0.1, -0.05) is 20.3 Å². The van der Waals surface area contributed by atoms with Gasteiger partial charge in [0.1, 0.15) is 5.82 Å². The average Bonchev–Trinajstić information content (AvgIpc) is 2.41. The standard InChI is InChI=1S/C14H22FNO3S/c1-5-10(2)8-16(4)20(18,19)13-6-11(3)14(15)12(7-13)9-17/h6-7,10,17H,5,8-9H2,1-4H3. The van der Waals surface area contributed by atoms with E-state index >= 15 is 0 Å². The van der Waals surface area contributed by atoms with Crippen LogP contribution >= 0.6 is 0 Å². The molecule has 0 aliphatic heterocycles. The molecule has 4 nitrogen and oxygen atoms in total. The second-order valence-electron chi connectivity index (χ2n) is 5.17. The first-order valence-corrected chi connectivity index (χ1v) is 8.04. The predicted octanol–water partition coefficient (Wildman–Crippen LogP) is 2.29. The highest BCUT2D eigenvalue weighted by Gasteiger charge is 2.24. The summed E-state index contributed by atoms with van der Waals surface area (Å²) in [7, 11) is -2.15. The highest BCUT2D eigenvalue weighted by Crippen LogP contribution is 2.22. The van der Waals surface area contributed by atoms with Crippen molar-refractivity contribution >= 4 is 10.0 Å². The van der Waals surface area contributed by atoms with Crippen molar-refractivity contribution in [3.8, 4) is 0 Å². The third-order valence-corrected chi connectivity index (χ3v) is 5.25. The highest BCUT2D eigenvalue weighted by molar-refractivity contribution is 7.89. The van der Waals surface area contributed by atoms with Crippen LogP contribution in [0.5, 0.6) is 0 Å². The van der Waals surface area contributed by atoms with Gasteiger partial charge in [0.2, 0.25) is 10.0 Å². The molecular weight excluding hydrogens is 281 g/mol. The molecule has 0 saturated heterocycles. The fraction of sp³-hybridized carbons (Fsp3) is 0.571. The molecule has 1 N–H and O–H groups in total. The van der Waals surface area contributed by atoms with Gasteiger partial charge in [-0.2, -0.15) is 0 Å². The summed E-state index contributed by atoms with van der Waals surface area (Å²) < 4.78 is 39.8. The van der Waals surface area contributed by atoms with E-state index in [0.29, 0.717) is 6.54 Å². The van der Waals surface area contributed by atoms with Crippen LogP contribution in [0.15, 0.2) is 17.0 Å². The van der Waals surface area contributed by atoms with E-state index in [0.717, 1.165) is 6.42 Å². The number of nitrogens with zero attached hydrogens (tertiary/aromatic N) is 1. The number of sulfonamides is 1. The van der Waals surface area contributed by atoms with Gasteiger partial charge in [0.25, 0.3) is 0 Å². The SMILES string of the molecule is CCC(C)CN(C)S(=O)(=O)c1cc(C)c(F)c(CO)c1. The number of hydrogen-bond acceptors (Lipinski definition) is 3. The van der Waals surface area contributed by atoms with Crippen LogP contribution in [0, 0.1) is 18.7 Å². The number of rotatable bonds is 6. The highest BCUT2D eigenvalue weighted by atomic mass is 32.2. The van der Waals surface area contributed by atoms with Crippen LogP contribution in [-0.4, -0.2) is 31.4 Å². The Hall–Kier alpha value is -0.980. The summed E-state index contributed by atoms with van der Waals surface area (Å²) in [6, 6.07) is 2.50. The molecule has 0 amide bonds. The summed E-state index contributed by atoms with van der Waals surface area (Å²) in [6.07, 6.45) is 0.879. The normalized spacial score (nSPS) is 13.8. The second-order valence-corrected chi connectivity index (χ2v) is 7.22. The van der Waals surface area contributed by atoms with Crippen LogP contribution in [0.1, 0.15) is 31.4 Å². The first-order chi connectivity index (χ1) is 9.23. The van der Waals surface area contributed by atoms with Crippen LogP contribution in [0.25, 0.3) is 0 Å². The zero-order valence-electron chi connectivity index (χ0n) is 12.4. The Kier molecular flexibility index (Phi) is 5.68.